The molecule has 0 aromatic carbocycles. The molecule has 0 aromatic heterocycles. The van der Waals surface area contributed by atoms with Gasteiger partial charge in [-0.3, -0.25) is 19.8 Å². The summed E-state index contributed by atoms with van der Waals surface area (Å²) in [5.41, 5.74) is -0.630. The molecule has 1 aliphatic rings. The van der Waals surface area contributed by atoms with Crippen LogP contribution in [0.1, 0.15) is 34.1 Å². The molecule has 0 saturated carbocycles. The predicted molar refractivity (Wildman–Crippen MR) is 62.8 cm³/mol. The first kappa shape index (κ1) is 13.7. The van der Waals surface area contributed by atoms with Crippen molar-refractivity contribution in [2.75, 3.05) is 6.54 Å². The number of nitriles is 1. The molecule has 0 aliphatic carbocycles. The van der Waals surface area contributed by atoms with Gasteiger partial charge in [-0.05, 0) is 13.8 Å². The summed E-state index contributed by atoms with van der Waals surface area (Å²) in [5, 5.41) is 12.0. The van der Waals surface area contributed by atoms with Gasteiger partial charge in [0, 0.05) is 12.5 Å². The Morgan fingerprint density at radius 1 is 1.47 bits per heavy atom. The van der Waals surface area contributed by atoms with E-state index in [9.17, 15) is 9.59 Å². The molecule has 5 heteroatoms. The van der Waals surface area contributed by atoms with Crippen molar-refractivity contribution in [1.29, 1.82) is 5.26 Å². The highest BCUT2D eigenvalue weighted by atomic mass is 16.2. The summed E-state index contributed by atoms with van der Waals surface area (Å²) < 4.78 is 0. The molecule has 1 N–H and O–H groups in total. The number of carbonyl (C=O) groups is 2. The summed E-state index contributed by atoms with van der Waals surface area (Å²) in [6.45, 7) is 7.48. The Labute approximate surface area is 102 Å². The average Bonchev–Trinajstić information content (AvgIpc) is 2.38. The second kappa shape index (κ2) is 4.84. The van der Waals surface area contributed by atoms with E-state index in [-0.39, 0.29) is 30.8 Å². The first-order chi connectivity index (χ1) is 7.77. The number of amides is 2. The average molecular weight is 237 g/mol. The third-order valence-corrected chi connectivity index (χ3v) is 2.77. The fourth-order valence-electron chi connectivity index (χ4n) is 1.93. The van der Waals surface area contributed by atoms with Crippen molar-refractivity contribution in [3.05, 3.63) is 0 Å². The summed E-state index contributed by atoms with van der Waals surface area (Å²) >= 11 is 0. The molecule has 1 unspecified atom stereocenters. The largest absolute Gasteiger partial charge is 0.298 e. The van der Waals surface area contributed by atoms with Crippen LogP contribution in [0.5, 0.6) is 0 Å². The molecule has 0 spiro atoms. The topological polar surface area (TPSA) is 73.2 Å². The molecule has 1 aliphatic heterocycles. The number of hydrogen-bond acceptors (Lipinski definition) is 4. The lowest BCUT2D eigenvalue weighted by molar-refractivity contribution is -0.141. The molecule has 0 radical (unpaired) electrons. The standard InChI is InChI=1S/C12H19N3O2/c1-8(2)14-9(6-13)7-15-10(16)5-12(3,4)11(15)17/h8-9,14H,5,7H2,1-4H3. The smallest absolute Gasteiger partial charge is 0.235 e. The summed E-state index contributed by atoms with van der Waals surface area (Å²) in [6.07, 6.45) is 0.228. The Morgan fingerprint density at radius 3 is 2.41 bits per heavy atom. The van der Waals surface area contributed by atoms with Gasteiger partial charge in [0.1, 0.15) is 6.04 Å². The van der Waals surface area contributed by atoms with Crippen molar-refractivity contribution in [3.8, 4) is 6.07 Å². The molecule has 1 heterocycles. The number of likely N-dealkylation sites (tertiary alicyclic amines) is 1. The van der Waals surface area contributed by atoms with Crippen LogP contribution in [-0.4, -0.2) is 35.3 Å². The number of hydrogen-bond donors (Lipinski definition) is 1. The molecule has 5 nitrogen and oxygen atoms in total. The normalized spacial score (nSPS) is 20.8. The summed E-state index contributed by atoms with van der Waals surface area (Å²) in [6, 6.07) is 1.71. The van der Waals surface area contributed by atoms with Crippen LogP contribution in [0.3, 0.4) is 0 Å². The van der Waals surface area contributed by atoms with Crippen molar-refractivity contribution in [1.82, 2.24) is 10.2 Å². The molecule has 1 fully saturated rings. The molecule has 0 aromatic rings. The van der Waals surface area contributed by atoms with Crippen LogP contribution in [0.4, 0.5) is 0 Å². The van der Waals surface area contributed by atoms with Gasteiger partial charge in [0.25, 0.3) is 0 Å². The van der Waals surface area contributed by atoms with Crippen LogP contribution in [0.2, 0.25) is 0 Å². The minimum atomic E-state index is -0.630. The van der Waals surface area contributed by atoms with Crippen molar-refractivity contribution < 1.29 is 9.59 Å². The van der Waals surface area contributed by atoms with E-state index in [0.29, 0.717) is 0 Å². The third kappa shape index (κ3) is 3.04. The van der Waals surface area contributed by atoms with Crippen LogP contribution in [-0.2, 0) is 9.59 Å². The SMILES string of the molecule is CC(C)NC(C#N)CN1C(=O)CC(C)(C)C1=O. The van der Waals surface area contributed by atoms with E-state index in [2.05, 4.69) is 11.4 Å². The number of rotatable bonds is 4. The Morgan fingerprint density at radius 2 is 2.06 bits per heavy atom. The molecule has 1 rings (SSSR count). The van der Waals surface area contributed by atoms with E-state index >= 15 is 0 Å². The number of imide groups is 1. The quantitative estimate of drug-likeness (QED) is 0.729. The van der Waals surface area contributed by atoms with Gasteiger partial charge in [-0.15, -0.1) is 0 Å². The Bertz CT molecular complexity index is 368. The Kier molecular flexibility index (Phi) is 3.89. The van der Waals surface area contributed by atoms with E-state index in [1.807, 2.05) is 13.8 Å². The number of carbonyl (C=O) groups excluding carboxylic acids is 2. The van der Waals surface area contributed by atoms with Gasteiger partial charge in [0.2, 0.25) is 11.8 Å². The van der Waals surface area contributed by atoms with Crippen molar-refractivity contribution in [3.63, 3.8) is 0 Å². The zero-order valence-electron chi connectivity index (χ0n) is 10.8. The van der Waals surface area contributed by atoms with Gasteiger partial charge in [-0.25, -0.2) is 0 Å². The molecule has 17 heavy (non-hydrogen) atoms. The second-order valence-electron chi connectivity index (χ2n) is 5.37. The van der Waals surface area contributed by atoms with Crippen LogP contribution >= 0.6 is 0 Å². The Balaban J connectivity index is 2.72. The maximum atomic E-state index is 11.9. The fraction of sp³-hybridized carbons (Fsp3) is 0.750. The van der Waals surface area contributed by atoms with E-state index < -0.39 is 11.5 Å². The molecule has 0 bridgehead atoms. The van der Waals surface area contributed by atoms with Gasteiger partial charge in [-0.1, -0.05) is 13.8 Å². The monoisotopic (exact) mass is 237 g/mol. The van der Waals surface area contributed by atoms with Crippen LogP contribution in [0.15, 0.2) is 0 Å². The predicted octanol–water partition coefficient (Wildman–Crippen LogP) is 0.662. The van der Waals surface area contributed by atoms with Crippen LogP contribution in [0, 0.1) is 16.7 Å². The van der Waals surface area contributed by atoms with Crippen LogP contribution < -0.4 is 5.32 Å². The van der Waals surface area contributed by atoms with E-state index in [0.717, 1.165) is 0 Å². The zero-order valence-corrected chi connectivity index (χ0v) is 10.8. The maximum absolute atomic E-state index is 11.9. The van der Waals surface area contributed by atoms with E-state index in [4.69, 9.17) is 5.26 Å². The van der Waals surface area contributed by atoms with Gasteiger partial charge in [-0.2, -0.15) is 5.26 Å². The first-order valence-electron chi connectivity index (χ1n) is 5.78. The molecule has 2 amide bonds. The highest BCUT2D eigenvalue weighted by molar-refractivity contribution is 6.05. The minimum absolute atomic E-state index is 0.135. The maximum Gasteiger partial charge on any atom is 0.235 e. The summed E-state index contributed by atoms with van der Waals surface area (Å²) in [5.74, 6) is -0.376. The molecule has 1 atom stereocenters. The lowest BCUT2D eigenvalue weighted by Gasteiger charge is -2.22. The number of nitrogens with one attached hydrogen (secondary N) is 1. The second-order valence-corrected chi connectivity index (χ2v) is 5.37. The van der Waals surface area contributed by atoms with Gasteiger partial charge in [0.15, 0.2) is 0 Å². The Hall–Kier alpha value is -1.41. The summed E-state index contributed by atoms with van der Waals surface area (Å²) in [7, 11) is 0. The zero-order chi connectivity index (χ0) is 13.2. The van der Waals surface area contributed by atoms with Crippen molar-refractivity contribution >= 4 is 11.8 Å². The summed E-state index contributed by atoms with van der Waals surface area (Å²) in [4.78, 5) is 24.8. The fourth-order valence-corrected chi connectivity index (χ4v) is 1.93. The highest BCUT2D eigenvalue weighted by Gasteiger charge is 2.45. The third-order valence-electron chi connectivity index (χ3n) is 2.77. The number of nitrogens with zero attached hydrogens (tertiary/aromatic N) is 2. The van der Waals surface area contributed by atoms with Crippen molar-refractivity contribution in [2.45, 2.75) is 46.2 Å². The molecule has 94 valence electrons. The van der Waals surface area contributed by atoms with Gasteiger partial charge in [0.05, 0.1) is 18.0 Å². The lowest BCUT2D eigenvalue weighted by atomic mass is 9.92. The highest BCUT2D eigenvalue weighted by Crippen LogP contribution is 2.31. The minimum Gasteiger partial charge on any atom is -0.298 e. The lowest BCUT2D eigenvalue weighted by Crippen LogP contribution is -2.45. The molecular weight excluding hydrogens is 218 g/mol. The van der Waals surface area contributed by atoms with Gasteiger partial charge < -0.3 is 0 Å². The van der Waals surface area contributed by atoms with E-state index in [1.165, 1.54) is 4.90 Å². The molecule has 1 saturated heterocycles. The van der Waals surface area contributed by atoms with Crippen molar-refractivity contribution in [2.24, 2.45) is 5.41 Å². The van der Waals surface area contributed by atoms with Crippen LogP contribution in [0.25, 0.3) is 0 Å². The first-order valence-corrected chi connectivity index (χ1v) is 5.78. The van der Waals surface area contributed by atoms with Gasteiger partial charge >= 0.3 is 0 Å². The van der Waals surface area contributed by atoms with E-state index in [1.54, 1.807) is 13.8 Å². The molecular formula is C12H19N3O2.